The Bertz CT molecular complexity index is 633. The van der Waals surface area contributed by atoms with Crippen LogP contribution in [-0.4, -0.2) is 32.9 Å². The average molecular weight is 396 g/mol. The second kappa shape index (κ2) is 8.81. The van der Waals surface area contributed by atoms with Crippen molar-refractivity contribution in [3.05, 3.63) is 47.5 Å². The molecule has 1 aromatic carbocycles. The van der Waals surface area contributed by atoms with Crippen molar-refractivity contribution in [1.29, 1.82) is 0 Å². The summed E-state index contributed by atoms with van der Waals surface area (Å²) in [7, 11) is 0. The summed E-state index contributed by atoms with van der Waals surface area (Å²) in [6.45, 7) is 9.92. The van der Waals surface area contributed by atoms with Crippen LogP contribution in [-0.2, 0) is 16.0 Å². The number of likely N-dealkylation sites (tertiary alicyclic amines) is 1. The second-order valence-corrected chi connectivity index (χ2v) is 9.73. The van der Waals surface area contributed by atoms with Crippen molar-refractivity contribution < 1.29 is 9.35 Å². The maximum absolute atomic E-state index is 13.6. The summed E-state index contributed by atoms with van der Waals surface area (Å²) in [5.41, 5.74) is 0.656. The molecule has 1 saturated heterocycles. The van der Waals surface area contributed by atoms with Gasteiger partial charge in [-0.2, -0.15) is 0 Å². The van der Waals surface area contributed by atoms with Crippen molar-refractivity contribution in [2.75, 3.05) is 6.26 Å². The van der Waals surface area contributed by atoms with Crippen LogP contribution >= 0.6 is 11.6 Å². The van der Waals surface area contributed by atoms with E-state index in [1.165, 1.54) is 0 Å². The molecule has 5 heteroatoms. The summed E-state index contributed by atoms with van der Waals surface area (Å²) in [6.07, 6.45) is 6.71. The van der Waals surface area contributed by atoms with Crippen LogP contribution in [0.3, 0.4) is 0 Å². The molecule has 0 radical (unpaired) electrons. The zero-order valence-electron chi connectivity index (χ0n) is 16.2. The molecule has 0 spiro atoms. The molecular weight excluding hydrogens is 366 g/mol. The number of rotatable bonds is 7. The van der Waals surface area contributed by atoms with Crippen molar-refractivity contribution in [2.24, 2.45) is 5.41 Å². The SMILES string of the molecule is C=CC[C@@]1(C)CCC(c2ccc(Cl)cc2)N(C(CC)C(C)[S+](C)[O-])C1=O. The molecule has 1 fully saturated rings. The first-order valence-corrected chi connectivity index (χ1v) is 11.3. The highest BCUT2D eigenvalue weighted by Crippen LogP contribution is 2.45. The lowest BCUT2D eigenvalue weighted by Crippen LogP contribution is -2.56. The second-order valence-electron chi connectivity index (χ2n) is 7.55. The first-order valence-electron chi connectivity index (χ1n) is 9.26. The topological polar surface area (TPSA) is 43.4 Å². The van der Waals surface area contributed by atoms with Gasteiger partial charge in [-0.1, -0.05) is 54.8 Å². The number of benzene rings is 1. The van der Waals surface area contributed by atoms with Gasteiger partial charge in [0.1, 0.15) is 5.25 Å². The Hall–Kier alpha value is -0.970. The van der Waals surface area contributed by atoms with Crippen LogP contribution < -0.4 is 0 Å². The molecular formula is C21H30ClNO2S. The van der Waals surface area contributed by atoms with Crippen molar-refractivity contribution in [3.63, 3.8) is 0 Å². The number of carbonyl (C=O) groups is 1. The number of hydrogen-bond donors (Lipinski definition) is 0. The van der Waals surface area contributed by atoms with Gasteiger partial charge in [0.05, 0.1) is 23.8 Å². The highest BCUT2D eigenvalue weighted by atomic mass is 35.5. The molecule has 0 N–H and O–H groups in total. The van der Waals surface area contributed by atoms with Gasteiger partial charge in [0.2, 0.25) is 5.91 Å². The Balaban J connectivity index is 2.47. The van der Waals surface area contributed by atoms with Crippen molar-refractivity contribution >= 4 is 28.7 Å². The molecule has 1 heterocycles. The van der Waals surface area contributed by atoms with E-state index in [1.807, 2.05) is 49.1 Å². The summed E-state index contributed by atoms with van der Waals surface area (Å²) in [5.74, 6) is 0.146. The number of carbonyl (C=O) groups excluding carboxylic acids is 1. The summed E-state index contributed by atoms with van der Waals surface area (Å²) in [4.78, 5) is 15.6. The molecule has 5 atom stereocenters. The Morgan fingerprint density at radius 2 is 2.08 bits per heavy atom. The third-order valence-electron chi connectivity index (χ3n) is 5.75. The van der Waals surface area contributed by atoms with E-state index in [9.17, 15) is 9.35 Å². The zero-order chi connectivity index (χ0) is 19.5. The van der Waals surface area contributed by atoms with Gasteiger partial charge in [-0.3, -0.25) is 4.79 Å². The van der Waals surface area contributed by atoms with E-state index in [-0.39, 0.29) is 23.2 Å². The number of piperidine rings is 1. The summed E-state index contributed by atoms with van der Waals surface area (Å²) in [5, 5.41) is 0.610. The predicted molar refractivity (Wildman–Crippen MR) is 111 cm³/mol. The molecule has 3 nitrogen and oxygen atoms in total. The fraction of sp³-hybridized carbons (Fsp3) is 0.571. The molecule has 1 amide bonds. The largest absolute Gasteiger partial charge is 0.616 e. The highest BCUT2D eigenvalue weighted by molar-refractivity contribution is 7.91. The fourth-order valence-corrected chi connectivity index (χ4v) is 4.92. The van der Waals surface area contributed by atoms with E-state index >= 15 is 0 Å². The van der Waals surface area contributed by atoms with Gasteiger partial charge in [-0.25, -0.2) is 0 Å². The number of hydrogen-bond acceptors (Lipinski definition) is 2. The van der Waals surface area contributed by atoms with Gasteiger partial charge in [-0.05, 0) is 50.3 Å². The molecule has 2 rings (SSSR count). The predicted octanol–water partition coefficient (Wildman–Crippen LogP) is 5.13. The molecule has 26 heavy (non-hydrogen) atoms. The minimum atomic E-state index is -0.996. The lowest BCUT2D eigenvalue weighted by Gasteiger charge is -2.49. The summed E-state index contributed by atoms with van der Waals surface area (Å²) < 4.78 is 12.2. The monoisotopic (exact) mass is 395 g/mol. The van der Waals surface area contributed by atoms with Gasteiger partial charge in [-0.15, -0.1) is 6.58 Å². The molecule has 144 valence electrons. The van der Waals surface area contributed by atoms with Crippen LogP contribution in [0.15, 0.2) is 36.9 Å². The van der Waals surface area contributed by atoms with Gasteiger partial charge in [0.15, 0.2) is 0 Å². The van der Waals surface area contributed by atoms with Gasteiger partial charge in [0.25, 0.3) is 0 Å². The molecule has 0 bridgehead atoms. The van der Waals surface area contributed by atoms with E-state index < -0.39 is 16.6 Å². The Labute approximate surface area is 166 Å². The Morgan fingerprint density at radius 3 is 2.58 bits per heavy atom. The van der Waals surface area contributed by atoms with Crippen LogP contribution in [0.2, 0.25) is 5.02 Å². The maximum Gasteiger partial charge on any atom is 0.229 e. The molecule has 1 aromatic rings. The molecule has 1 aliphatic rings. The maximum atomic E-state index is 13.6. The van der Waals surface area contributed by atoms with Crippen molar-refractivity contribution in [3.8, 4) is 0 Å². The van der Waals surface area contributed by atoms with E-state index in [1.54, 1.807) is 6.26 Å². The smallest absolute Gasteiger partial charge is 0.229 e. The molecule has 0 saturated carbocycles. The number of allylic oxidation sites excluding steroid dienone is 1. The molecule has 0 aliphatic carbocycles. The van der Waals surface area contributed by atoms with Crippen LogP contribution in [0, 0.1) is 5.41 Å². The van der Waals surface area contributed by atoms with Crippen LogP contribution in [0.5, 0.6) is 0 Å². The van der Waals surface area contributed by atoms with E-state index in [2.05, 4.69) is 13.5 Å². The summed E-state index contributed by atoms with van der Waals surface area (Å²) in [6, 6.07) is 7.69. The Morgan fingerprint density at radius 1 is 1.46 bits per heavy atom. The standard InChI is InChI=1S/C21H30ClNO2S/c1-6-13-21(4)14-12-19(16-8-10-17(22)11-9-16)23(20(21)24)18(7-2)15(3)26(5)25/h6,8-11,15,18-19H,1,7,12-14H2,2-5H3/t15?,18?,19?,21-,26?/m0/s1. The minimum absolute atomic E-state index is 0.00592. The van der Waals surface area contributed by atoms with E-state index in [0.29, 0.717) is 11.4 Å². The van der Waals surface area contributed by atoms with Gasteiger partial charge < -0.3 is 9.45 Å². The Kier molecular flexibility index (Phi) is 7.23. The fourth-order valence-electron chi connectivity index (χ4n) is 4.03. The third kappa shape index (κ3) is 4.29. The van der Waals surface area contributed by atoms with Crippen LogP contribution in [0.25, 0.3) is 0 Å². The zero-order valence-corrected chi connectivity index (χ0v) is 17.8. The van der Waals surface area contributed by atoms with Gasteiger partial charge >= 0.3 is 0 Å². The molecule has 4 unspecified atom stereocenters. The van der Waals surface area contributed by atoms with Crippen molar-refractivity contribution in [1.82, 2.24) is 4.90 Å². The minimum Gasteiger partial charge on any atom is -0.616 e. The first kappa shape index (κ1) is 21.3. The van der Waals surface area contributed by atoms with Crippen molar-refractivity contribution in [2.45, 2.75) is 63.8 Å². The highest BCUT2D eigenvalue weighted by Gasteiger charge is 2.47. The van der Waals surface area contributed by atoms with Crippen LogP contribution in [0.4, 0.5) is 0 Å². The van der Waals surface area contributed by atoms with E-state index in [4.69, 9.17) is 11.6 Å². The lowest BCUT2D eigenvalue weighted by atomic mass is 9.74. The number of halogens is 1. The van der Waals surface area contributed by atoms with Gasteiger partial charge in [0, 0.05) is 5.02 Å². The quantitative estimate of drug-likeness (QED) is 0.474. The first-order chi connectivity index (χ1) is 12.2. The van der Waals surface area contributed by atoms with E-state index in [0.717, 1.165) is 24.8 Å². The van der Waals surface area contributed by atoms with Crippen LogP contribution in [0.1, 0.15) is 58.1 Å². The molecule has 0 aromatic heterocycles. The normalized spacial score (nSPS) is 27.1. The number of amides is 1. The number of nitrogens with zero attached hydrogens (tertiary/aromatic N) is 1. The molecule has 1 aliphatic heterocycles. The lowest BCUT2D eigenvalue weighted by molar-refractivity contribution is -0.152. The summed E-state index contributed by atoms with van der Waals surface area (Å²) >= 11 is 5.06. The third-order valence-corrected chi connectivity index (χ3v) is 7.36. The average Bonchev–Trinajstić information content (AvgIpc) is 2.60.